The molecule has 2 aromatic rings. The lowest BCUT2D eigenvalue weighted by Crippen LogP contribution is -2.15. The molecule has 5 nitrogen and oxygen atoms in total. The van der Waals surface area contributed by atoms with Crippen LogP contribution >= 0.6 is 23.2 Å². The van der Waals surface area contributed by atoms with Gasteiger partial charge in [0.25, 0.3) is 10.0 Å². The third-order valence-corrected chi connectivity index (χ3v) is 5.27. The van der Waals surface area contributed by atoms with Crippen LogP contribution in [0.3, 0.4) is 0 Å². The number of hydrogen-bond donors (Lipinski definition) is 1. The minimum absolute atomic E-state index is 0.0279. The molecule has 122 valence electrons. The van der Waals surface area contributed by atoms with Gasteiger partial charge < -0.3 is 4.74 Å². The molecule has 0 aliphatic heterocycles. The highest BCUT2D eigenvalue weighted by molar-refractivity contribution is 7.92. The molecule has 0 heterocycles. The number of methoxy groups -OCH3 is 1. The summed E-state index contributed by atoms with van der Waals surface area (Å²) in [4.78, 5) is 11.5. The first-order chi connectivity index (χ1) is 10.8. The van der Waals surface area contributed by atoms with Crippen LogP contribution in [0.2, 0.25) is 10.0 Å². The Hall–Kier alpha value is -1.76. The summed E-state index contributed by atoms with van der Waals surface area (Å²) in [6.45, 7) is 1.70. The Labute approximate surface area is 144 Å². The first kappa shape index (κ1) is 17.6. The van der Waals surface area contributed by atoms with Crippen molar-refractivity contribution in [1.29, 1.82) is 0 Å². The summed E-state index contributed by atoms with van der Waals surface area (Å²) in [6, 6.07) is 8.68. The number of benzene rings is 2. The van der Waals surface area contributed by atoms with Crippen molar-refractivity contribution in [3.8, 4) is 0 Å². The second-order valence-electron chi connectivity index (χ2n) is 4.65. The molecule has 0 aromatic heterocycles. The van der Waals surface area contributed by atoms with E-state index in [1.165, 1.54) is 19.2 Å². The van der Waals surface area contributed by atoms with E-state index in [0.29, 0.717) is 16.3 Å². The second kappa shape index (κ2) is 6.78. The maximum Gasteiger partial charge on any atom is 0.339 e. The summed E-state index contributed by atoms with van der Waals surface area (Å²) >= 11 is 11.9. The highest BCUT2D eigenvalue weighted by atomic mass is 35.5. The lowest BCUT2D eigenvalue weighted by Gasteiger charge is -2.12. The van der Waals surface area contributed by atoms with Gasteiger partial charge in [-0.1, -0.05) is 29.3 Å². The number of sulfonamides is 1. The van der Waals surface area contributed by atoms with Crippen molar-refractivity contribution in [3.63, 3.8) is 0 Å². The van der Waals surface area contributed by atoms with Crippen molar-refractivity contribution >= 4 is 44.9 Å². The Bertz CT molecular complexity index is 866. The molecule has 0 unspecified atom stereocenters. The molecule has 0 atom stereocenters. The Morgan fingerprint density at radius 3 is 2.48 bits per heavy atom. The normalized spacial score (nSPS) is 11.1. The van der Waals surface area contributed by atoms with Crippen LogP contribution in [0.5, 0.6) is 0 Å². The van der Waals surface area contributed by atoms with Crippen molar-refractivity contribution in [2.45, 2.75) is 11.8 Å². The van der Waals surface area contributed by atoms with Gasteiger partial charge in [-0.2, -0.15) is 0 Å². The number of halogens is 2. The predicted molar refractivity (Wildman–Crippen MR) is 89.8 cm³/mol. The number of ether oxygens (including phenoxy) is 1. The number of rotatable bonds is 4. The number of esters is 1. The molecular formula is C15H13Cl2NO4S. The number of carbonyl (C=O) groups excluding carboxylic acids is 1. The molecule has 0 aliphatic rings. The third-order valence-electron chi connectivity index (χ3n) is 3.17. The average Bonchev–Trinajstić information content (AvgIpc) is 2.51. The van der Waals surface area contributed by atoms with E-state index >= 15 is 0 Å². The van der Waals surface area contributed by atoms with Crippen LogP contribution < -0.4 is 4.72 Å². The van der Waals surface area contributed by atoms with E-state index in [-0.39, 0.29) is 15.5 Å². The molecule has 0 aliphatic carbocycles. The van der Waals surface area contributed by atoms with E-state index in [1.54, 1.807) is 25.1 Å². The highest BCUT2D eigenvalue weighted by Crippen LogP contribution is 2.27. The lowest BCUT2D eigenvalue weighted by molar-refractivity contribution is 0.0600. The fraction of sp³-hybridized carbons (Fsp3) is 0.133. The molecule has 8 heteroatoms. The van der Waals surface area contributed by atoms with Gasteiger partial charge in [-0.05, 0) is 42.8 Å². The van der Waals surface area contributed by atoms with E-state index in [4.69, 9.17) is 23.2 Å². The van der Waals surface area contributed by atoms with Gasteiger partial charge in [0.05, 0.1) is 28.3 Å². The summed E-state index contributed by atoms with van der Waals surface area (Å²) in [5.74, 6) is -0.717. The quantitative estimate of drug-likeness (QED) is 0.825. The summed E-state index contributed by atoms with van der Waals surface area (Å²) in [6.07, 6.45) is 0. The highest BCUT2D eigenvalue weighted by Gasteiger charge is 2.20. The zero-order chi connectivity index (χ0) is 17.2. The van der Waals surface area contributed by atoms with E-state index in [2.05, 4.69) is 9.46 Å². The molecule has 0 saturated carbocycles. The Morgan fingerprint density at radius 1 is 1.13 bits per heavy atom. The standard InChI is InChI=1S/C15H13Cl2NO4S/c1-9-12(16)4-3-5-14(9)18-23(20,21)10-6-7-13(17)11(8-10)15(19)22-2/h3-8,18H,1-2H3. The molecular weight excluding hydrogens is 361 g/mol. The topological polar surface area (TPSA) is 72.5 Å². The van der Waals surface area contributed by atoms with Crippen molar-refractivity contribution < 1.29 is 17.9 Å². The molecule has 0 bridgehead atoms. The number of anilines is 1. The fourth-order valence-corrected chi connectivity index (χ4v) is 3.38. The third kappa shape index (κ3) is 3.77. The first-order valence-electron chi connectivity index (χ1n) is 6.42. The molecule has 0 amide bonds. The van der Waals surface area contributed by atoms with Crippen LogP contribution in [-0.4, -0.2) is 21.5 Å². The van der Waals surface area contributed by atoms with Gasteiger partial charge in [0.2, 0.25) is 0 Å². The maximum atomic E-state index is 12.5. The monoisotopic (exact) mass is 373 g/mol. The van der Waals surface area contributed by atoms with Crippen molar-refractivity contribution in [3.05, 3.63) is 57.6 Å². The van der Waals surface area contributed by atoms with Crippen LogP contribution in [0, 0.1) is 6.92 Å². The predicted octanol–water partition coefficient (Wildman–Crippen LogP) is 3.89. The maximum absolute atomic E-state index is 12.5. The van der Waals surface area contributed by atoms with E-state index in [9.17, 15) is 13.2 Å². The Morgan fingerprint density at radius 2 is 1.83 bits per heavy atom. The summed E-state index contributed by atoms with van der Waals surface area (Å²) in [7, 11) is -2.72. The first-order valence-corrected chi connectivity index (χ1v) is 8.66. The molecule has 23 heavy (non-hydrogen) atoms. The van der Waals surface area contributed by atoms with Gasteiger partial charge >= 0.3 is 5.97 Å². The van der Waals surface area contributed by atoms with Crippen molar-refractivity contribution in [2.24, 2.45) is 0 Å². The minimum Gasteiger partial charge on any atom is -0.465 e. The zero-order valence-corrected chi connectivity index (χ0v) is 14.6. The van der Waals surface area contributed by atoms with Gasteiger partial charge in [0.15, 0.2) is 0 Å². The average molecular weight is 374 g/mol. The molecule has 1 N–H and O–H groups in total. The van der Waals surface area contributed by atoms with E-state index in [1.807, 2.05) is 0 Å². The molecule has 0 saturated heterocycles. The SMILES string of the molecule is COC(=O)c1cc(S(=O)(=O)Nc2cccc(Cl)c2C)ccc1Cl. The summed E-state index contributed by atoms with van der Waals surface area (Å²) in [5, 5.41) is 0.547. The Balaban J connectivity index is 2.44. The largest absolute Gasteiger partial charge is 0.465 e. The summed E-state index contributed by atoms with van der Waals surface area (Å²) < 4.78 is 32.0. The number of hydrogen-bond acceptors (Lipinski definition) is 4. The van der Waals surface area contributed by atoms with Gasteiger partial charge in [0, 0.05) is 5.02 Å². The number of carbonyl (C=O) groups is 1. The van der Waals surface area contributed by atoms with Gasteiger partial charge in [-0.15, -0.1) is 0 Å². The van der Waals surface area contributed by atoms with Gasteiger partial charge in [0.1, 0.15) is 0 Å². The molecule has 0 radical (unpaired) electrons. The van der Waals surface area contributed by atoms with Gasteiger partial charge in [-0.3, -0.25) is 4.72 Å². The molecule has 2 aromatic carbocycles. The minimum atomic E-state index is -3.91. The van der Waals surface area contributed by atoms with Crippen LogP contribution in [0.1, 0.15) is 15.9 Å². The lowest BCUT2D eigenvalue weighted by atomic mass is 10.2. The number of nitrogens with one attached hydrogen (secondary N) is 1. The van der Waals surface area contributed by atoms with E-state index < -0.39 is 16.0 Å². The van der Waals surface area contributed by atoms with Crippen LogP contribution in [-0.2, 0) is 14.8 Å². The summed E-state index contributed by atoms with van der Waals surface area (Å²) in [5.41, 5.74) is 0.923. The van der Waals surface area contributed by atoms with Gasteiger partial charge in [-0.25, -0.2) is 13.2 Å². The molecule has 0 fully saturated rings. The second-order valence-corrected chi connectivity index (χ2v) is 7.15. The van der Waals surface area contributed by atoms with Crippen LogP contribution in [0.15, 0.2) is 41.3 Å². The van der Waals surface area contributed by atoms with E-state index in [0.717, 1.165) is 6.07 Å². The van der Waals surface area contributed by atoms with Crippen molar-refractivity contribution in [1.82, 2.24) is 0 Å². The Kier molecular flexibility index (Phi) is 5.19. The van der Waals surface area contributed by atoms with Crippen molar-refractivity contribution in [2.75, 3.05) is 11.8 Å². The fourth-order valence-electron chi connectivity index (χ4n) is 1.86. The van der Waals surface area contributed by atoms with Crippen LogP contribution in [0.25, 0.3) is 0 Å². The zero-order valence-electron chi connectivity index (χ0n) is 12.3. The smallest absolute Gasteiger partial charge is 0.339 e. The van der Waals surface area contributed by atoms with Crippen LogP contribution in [0.4, 0.5) is 5.69 Å². The molecule has 0 spiro atoms. The molecule has 2 rings (SSSR count).